The number of carboxylic acids is 1. The third kappa shape index (κ3) is 8.55. The molecule has 1 amide bonds. The molecule has 0 aliphatic heterocycles. The summed E-state index contributed by atoms with van der Waals surface area (Å²) in [5.74, 6) is 0.156. The molecule has 0 saturated heterocycles. The Morgan fingerprint density at radius 1 is 0.814 bits per heavy atom. The van der Waals surface area contributed by atoms with E-state index >= 15 is 0 Å². The molecule has 0 bridgehead atoms. The molecule has 4 aromatic carbocycles. The zero-order valence-electron chi connectivity index (χ0n) is 24.0. The van der Waals surface area contributed by atoms with Crippen LogP contribution in [0.3, 0.4) is 0 Å². The second-order valence-corrected chi connectivity index (χ2v) is 10.9. The zero-order chi connectivity index (χ0) is 30.0. The number of carbonyl (C=O) groups is 3. The van der Waals surface area contributed by atoms with Gasteiger partial charge in [0.15, 0.2) is 5.78 Å². The number of ketones is 1. The van der Waals surface area contributed by atoms with Gasteiger partial charge >= 0.3 is 5.97 Å². The number of aliphatic carboxylic acids is 1. The van der Waals surface area contributed by atoms with Gasteiger partial charge in [-0.1, -0.05) is 84.9 Å². The van der Waals surface area contributed by atoms with Crippen LogP contribution in [0, 0.1) is 5.92 Å². The van der Waals surface area contributed by atoms with E-state index in [4.69, 9.17) is 4.74 Å². The molecule has 0 radical (unpaired) electrons. The normalized spacial score (nSPS) is 13.1. The first-order chi connectivity index (χ1) is 21.0. The Hall–Kier alpha value is -4.91. The SMILES string of the molecule is O=C(c1ccccc1)c1ccccc1NC(Cc1ccc(OCCN(CC2CC2)C(=O)Cc2ccccc2)cc1)C(=O)O. The number of carboxylic acid groups (broad SMARTS) is 1. The molecule has 0 heterocycles. The zero-order valence-corrected chi connectivity index (χ0v) is 24.0. The number of benzene rings is 4. The Balaban J connectivity index is 1.17. The summed E-state index contributed by atoms with van der Waals surface area (Å²) in [6.07, 6.45) is 2.93. The fourth-order valence-corrected chi connectivity index (χ4v) is 4.98. The van der Waals surface area contributed by atoms with Gasteiger partial charge in [-0.15, -0.1) is 0 Å². The van der Waals surface area contributed by atoms with Gasteiger partial charge in [0.1, 0.15) is 18.4 Å². The summed E-state index contributed by atoms with van der Waals surface area (Å²) in [6.45, 7) is 1.64. The van der Waals surface area contributed by atoms with Crippen molar-refractivity contribution in [2.45, 2.75) is 31.7 Å². The van der Waals surface area contributed by atoms with E-state index < -0.39 is 12.0 Å². The summed E-state index contributed by atoms with van der Waals surface area (Å²) in [7, 11) is 0. The molecule has 1 atom stereocenters. The molecule has 1 aliphatic rings. The van der Waals surface area contributed by atoms with Gasteiger partial charge in [0, 0.05) is 29.8 Å². The molecule has 1 unspecified atom stereocenters. The van der Waals surface area contributed by atoms with Gasteiger partial charge in [-0.2, -0.15) is 0 Å². The summed E-state index contributed by atoms with van der Waals surface area (Å²) >= 11 is 0. The lowest BCUT2D eigenvalue weighted by Crippen LogP contribution is -2.37. The second kappa shape index (κ2) is 14.3. The number of rotatable bonds is 15. The minimum Gasteiger partial charge on any atom is -0.492 e. The minimum atomic E-state index is -1.02. The molecule has 7 nitrogen and oxygen atoms in total. The molecule has 0 aromatic heterocycles. The van der Waals surface area contributed by atoms with E-state index in [0.717, 1.165) is 17.7 Å². The number of anilines is 1. The predicted octanol–water partition coefficient (Wildman–Crippen LogP) is 5.89. The fraction of sp³-hybridized carbons (Fsp3) is 0.250. The standard InChI is InChI=1S/C36H36N2O5/c39-34(24-26-9-3-1-4-10-26)38(25-28-15-16-28)21-22-43-30-19-17-27(18-20-30)23-33(36(41)42)37-32-14-8-7-13-31(32)35(40)29-11-5-2-6-12-29/h1-14,17-20,28,33,37H,15-16,21-25H2,(H,41,42). The quantitative estimate of drug-likeness (QED) is 0.172. The van der Waals surface area contributed by atoms with Crippen LogP contribution < -0.4 is 10.1 Å². The monoisotopic (exact) mass is 576 g/mol. The molecule has 5 rings (SSSR count). The molecule has 0 spiro atoms. The average molecular weight is 577 g/mol. The van der Waals surface area contributed by atoms with E-state index in [1.165, 1.54) is 12.8 Å². The number of ether oxygens (including phenoxy) is 1. The van der Waals surface area contributed by atoms with Crippen molar-refractivity contribution in [2.75, 3.05) is 25.0 Å². The van der Waals surface area contributed by atoms with Gasteiger partial charge in [0.05, 0.1) is 13.0 Å². The van der Waals surface area contributed by atoms with Crippen molar-refractivity contribution < 1.29 is 24.2 Å². The van der Waals surface area contributed by atoms with Gasteiger partial charge in [-0.3, -0.25) is 9.59 Å². The third-order valence-corrected chi connectivity index (χ3v) is 7.55. The highest BCUT2D eigenvalue weighted by molar-refractivity contribution is 6.12. The van der Waals surface area contributed by atoms with Crippen LogP contribution in [0.25, 0.3) is 0 Å². The highest BCUT2D eigenvalue weighted by atomic mass is 16.5. The van der Waals surface area contributed by atoms with Gasteiger partial charge in [-0.05, 0) is 54.2 Å². The molecular weight excluding hydrogens is 540 g/mol. The first kappa shape index (κ1) is 29.6. The van der Waals surface area contributed by atoms with E-state index in [1.807, 2.05) is 65.6 Å². The maximum Gasteiger partial charge on any atom is 0.326 e. The van der Waals surface area contributed by atoms with Crippen molar-refractivity contribution in [3.8, 4) is 5.75 Å². The number of amides is 1. The Bertz CT molecular complexity index is 1520. The van der Waals surface area contributed by atoms with Crippen molar-refractivity contribution in [2.24, 2.45) is 5.92 Å². The largest absolute Gasteiger partial charge is 0.492 e. The highest BCUT2D eigenvalue weighted by Gasteiger charge is 2.27. The van der Waals surface area contributed by atoms with Gasteiger partial charge in [0.2, 0.25) is 5.91 Å². The van der Waals surface area contributed by atoms with Crippen molar-refractivity contribution in [3.63, 3.8) is 0 Å². The van der Waals surface area contributed by atoms with Crippen molar-refractivity contribution in [1.82, 2.24) is 4.90 Å². The van der Waals surface area contributed by atoms with Crippen LogP contribution >= 0.6 is 0 Å². The van der Waals surface area contributed by atoms with E-state index in [2.05, 4.69) is 5.32 Å². The number of hydrogen-bond acceptors (Lipinski definition) is 5. The Kier molecular flexibility index (Phi) is 9.85. The Morgan fingerprint density at radius 3 is 2.14 bits per heavy atom. The summed E-state index contributed by atoms with van der Waals surface area (Å²) in [6, 6.07) is 32.0. The Labute approximate surface area is 252 Å². The molecule has 1 aliphatic carbocycles. The highest BCUT2D eigenvalue weighted by Crippen LogP contribution is 2.30. The lowest BCUT2D eigenvalue weighted by molar-refractivity contribution is -0.138. The van der Waals surface area contributed by atoms with Crippen LogP contribution in [0.1, 0.15) is 39.9 Å². The van der Waals surface area contributed by atoms with Crippen molar-refractivity contribution >= 4 is 23.3 Å². The van der Waals surface area contributed by atoms with E-state index in [9.17, 15) is 19.5 Å². The van der Waals surface area contributed by atoms with Crippen LogP contribution in [0.4, 0.5) is 5.69 Å². The molecule has 1 fully saturated rings. The topological polar surface area (TPSA) is 95.9 Å². The van der Waals surface area contributed by atoms with Crippen LogP contribution in [-0.4, -0.2) is 53.4 Å². The number of carbonyl (C=O) groups excluding carboxylic acids is 2. The Morgan fingerprint density at radius 2 is 1.47 bits per heavy atom. The molecule has 220 valence electrons. The molecule has 43 heavy (non-hydrogen) atoms. The first-order valence-corrected chi connectivity index (χ1v) is 14.7. The molecule has 7 heteroatoms. The van der Waals surface area contributed by atoms with E-state index in [1.54, 1.807) is 48.5 Å². The maximum absolute atomic E-state index is 13.1. The summed E-state index contributed by atoms with van der Waals surface area (Å²) in [5, 5.41) is 13.0. The van der Waals surface area contributed by atoms with Gasteiger partial charge < -0.3 is 20.1 Å². The lowest BCUT2D eigenvalue weighted by Gasteiger charge is -2.23. The predicted molar refractivity (Wildman–Crippen MR) is 166 cm³/mol. The molecule has 4 aromatic rings. The van der Waals surface area contributed by atoms with Crippen LogP contribution in [0.15, 0.2) is 109 Å². The molecule has 2 N–H and O–H groups in total. The van der Waals surface area contributed by atoms with E-state index in [0.29, 0.717) is 48.1 Å². The molecule has 1 saturated carbocycles. The minimum absolute atomic E-state index is 0.108. The van der Waals surface area contributed by atoms with Crippen LogP contribution in [0.5, 0.6) is 5.75 Å². The first-order valence-electron chi connectivity index (χ1n) is 14.7. The average Bonchev–Trinajstić information content (AvgIpc) is 3.86. The van der Waals surface area contributed by atoms with Crippen LogP contribution in [-0.2, 0) is 22.4 Å². The number of hydrogen-bond donors (Lipinski definition) is 2. The summed E-state index contributed by atoms with van der Waals surface area (Å²) in [5.41, 5.74) is 3.25. The lowest BCUT2D eigenvalue weighted by atomic mass is 10.00. The number of nitrogens with zero attached hydrogens (tertiary/aromatic N) is 1. The summed E-state index contributed by atoms with van der Waals surface area (Å²) < 4.78 is 5.96. The third-order valence-electron chi connectivity index (χ3n) is 7.55. The maximum atomic E-state index is 13.1. The molecular formula is C36H36N2O5. The van der Waals surface area contributed by atoms with E-state index in [-0.39, 0.29) is 18.1 Å². The number of para-hydroxylation sites is 1. The van der Waals surface area contributed by atoms with Gasteiger partial charge in [0.25, 0.3) is 0 Å². The second-order valence-electron chi connectivity index (χ2n) is 10.9. The smallest absolute Gasteiger partial charge is 0.326 e. The fourth-order valence-electron chi connectivity index (χ4n) is 4.98. The summed E-state index contributed by atoms with van der Waals surface area (Å²) in [4.78, 5) is 40.2. The van der Waals surface area contributed by atoms with Crippen LogP contribution in [0.2, 0.25) is 0 Å². The number of nitrogens with one attached hydrogen (secondary N) is 1. The van der Waals surface area contributed by atoms with Crippen molar-refractivity contribution in [3.05, 3.63) is 131 Å². The van der Waals surface area contributed by atoms with Gasteiger partial charge in [-0.25, -0.2) is 4.79 Å². The van der Waals surface area contributed by atoms with Crippen molar-refractivity contribution in [1.29, 1.82) is 0 Å².